The second kappa shape index (κ2) is 7.12. The molecule has 112 valence electrons. The highest BCUT2D eigenvalue weighted by molar-refractivity contribution is 7.99. The van der Waals surface area contributed by atoms with E-state index in [0.29, 0.717) is 5.16 Å². The van der Waals surface area contributed by atoms with E-state index in [-0.39, 0.29) is 17.4 Å². The van der Waals surface area contributed by atoms with Crippen LogP contribution in [0, 0.1) is 0 Å². The van der Waals surface area contributed by atoms with Crippen LogP contribution in [0.3, 0.4) is 0 Å². The molecule has 6 nitrogen and oxygen atoms in total. The normalized spacial score (nSPS) is 12.2. The quantitative estimate of drug-likeness (QED) is 0.623. The predicted molar refractivity (Wildman–Crippen MR) is 78.6 cm³/mol. The molecule has 21 heavy (non-hydrogen) atoms. The number of aromatic nitrogens is 2. The minimum atomic E-state index is -0.937. The minimum Gasteiger partial charge on any atom is -0.481 e. The molecular weight excluding hydrogens is 292 g/mol. The number of hydrogen-bond donors (Lipinski definition) is 1. The van der Waals surface area contributed by atoms with E-state index in [1.165, 1.54) is 6.07 Å². The van der Waals surface area contributed by atoms with Crippen molar-refractivity contribution in [2.45, 2.75) is 31.0 Å². The number of carboxylic acids is 1. The largest absolute Gasteiger partial charge is 0.481 e. The number of rotatable bonds is 7. The van der Waals surface area contributed by atoms with E-state index in [1.54, 1.807) is 12.5 Å². The smallest absolute Gasteiger partial charge is 0.313 e. The van der Waals surface area contributed by atoms with Gasteiger partial charge in [-0.05, 0) is 25.5 Å². The molecule has 2 heterocycles. The summed E-state index contributed by atoms with van der Waals surface area (Å²) in [7, 11) is 0. The van der Waals surface area contributed by atoms with Crippen molar-refractivity contribution in [1.29, 1.82) is 0 Å². The third-order valence-electron chi connectivity index (χ3n) is 2.99. The molecule has 1 N–H and O–H groups in total. The lowest BCUT2D eigenvalue weighted by atomic mass is 10.1. The summed E-state index contributed by atoms with van der Waals surface area (Å²) in [6.07, 6.45) is 4.86. The average molecular weight is 308 g/mol. The zero-order chi connectivity index (χ0) is 15.2. The van der Waals surface area contributed by atoms with Crippen molar-refractivity contribution < 1.29 is 14.3 Å². The molecule has 1 unspecified atom stereocenters. The Labute approximate surface area is 125 Å². The SMILES string of the molecule is CC(CCc1ccco1)n1ccc(=O)nc1SCC(=O)O. The molecule has 0 aliphatic carbocycles. The molecule has 1 atom stereocenters. The molecule has 0 aromatic carbocycles. The van der Waals surface area contributed by atoms with E-state index in [9.17, 15) is 9.59 Å². The molecule has 0 saturated carbocycles. The zero-order valence-electron chi connectivity index (χ0n) is 11.6. The number of nitrogens with zero attached hydrogens (tertiary/aromatic N) is 2. The molecule has 0 aliphatic heterocycles. The van der Waals surface area contributed by atoms with Gasteiger partial charge in [0.1, 0.15) is 5.76 Å². The lowest BCUT2D eigenvalue weighted by molar-refractivity contribution is -0.133. The van der Waals surface area contributed by atoms with Gasteiger partial charge in [-0.25, -0.2) is 0 Å². The van der Waals surface area contributed by atoms with Crippen LogP contribution in [-0.4, -0.2) is 26.4 Å². The first kappa shape index (κ1) is 15.4. The van der Waals surface area contributed by atoms with Gasteiger partial charge >= 0.3 is 5.97 Å². The van der Waals surface area contributed by atoms with Gasteiger partial charge in [0.05, 0.1) is 12.0 Å². The van der Waals surface area contributed by atoms with Crippen LogP contribution in [0.5, 0.6) is 0 Å². The van der Waals surface area contributed by atoms with E-state index in [2.05, 4.69) is 4.98 Å². The van der Waals surface area contributed by atoms with E-state index in [0.717, 1.165) is 30.4 Å². The fourth-order valence-corrected chi connectivity index (χ4v) is 2.71. The van der Waals surface area contributed by atoms with Crippen LogP contribution < -0.4 is 5.56 Å². The van der Waals surface area contributed by atoms with Crippen LogP contribution in [0.15, 0.2) is 45.0 Å². The molecule has 0 amide bonds. The number of furan rings is 1. The van der Waals surface area contributed by atoms with Gasteiger partial charge in [-0.3, -0.25) is 9.59 Å². The highest BCUT2D eigenvalue weighted by Gasteiger charge is 2.12. The van der Waals surface area contributed by atoms with Crippen molar-refractivity contribution in [3.05, 3.63) is 46.8 Å². The minimum absolute atomic E-state index is 0.0829. The highest BCUT2D eigenvalue weighted by Crippen LogP contribution is 2.21. The van der Waals surface area contributed by atoms with Crippen molar-refractivity contribution in [2.75, 3.05) is 5.75 Å². The molecule has 2 rings (SSSR count). The molecule has 0 fully saturated rings. The van der Waals surface area contributed by atoms with Crippen LogP contribution in [0.2, 0.25) is 0 Å². The summed E-state index contributed by atoms with van der Waals surface area (Å²) in [6, 6.07) is 5.22. The van der Waals surface area contributed by atoms with Crippen LogP contribution in [0.1, 0.15) is 25.1 Å². The Hall–Kier alpha value is -2.02. The molecule has 0 radical (unpaired) electrons. The van der Waals surface area contributed by atoms with E-state index < -0.39 is 5.97 Å². The van der Waals surface area contributed by atoms with Gasteiger partial charge in [-0.1, -0.05) is 11.8 Å². The summed E-state index contributed by atoms with van der Waals surface area (Å²) in [5, 5.41) is 9.18. The monoisotopic (exact) mass is 308 g/mol. The molecular formula is C14H16N2O4S. The molecule has 0 saturated heterocycles. The second-order valence-electron chi connectivity index (χ2n) is 4.61. The maximum atomic E-state index is 11.4. The first-order chi connectivity index (χ1) is 10.1. The van der Waals surface area contributed by atoms with Gasteiger partial charge in [0.25, 0.3) is 5.56 Å². The fourth-order valence-electron chi connectivity index (χ4n) is 1.91. The number of carbonyl (C=O) groups is 1. The van der Waals surface area contributed by atoms with Crippen molar-refractivity contribution in [3.63, 3.8) is 0 Å². The predicted octanol–water partition coefficient (Wildman–Crippen LogP) is 2.21. The van der Waals surface area contributed by atoms with Crippen LogP contribution in [0.25, 0.3) is 0 Å². The molecule has 0 spiro atoms. The maximum absolute atomic E-state index is 11.4. The maximum Gasteiger partial charge on any atom is 0.313 e. The number of hydrogen-bond acceptors (Lipinski definition) is 5. The Kier molecular flexibility index (Phi) is 5.21. The van der Waals surface area contributed by atoms with Crippen molar-refractivity contribution in [1.82, 2.24) is 9.55 Å². The van der Waals surface area contributed by atoms with Crippen molar-refractivity contribution >= 4 is 17.7 Å². The summed E-state index contributed by atoms with van der Waals surface area (Å²) < 4.78 is 7.12. The Morgan fingerprint density at radius 2 is 2.33 bits per heavy atom. The first-order valence-corrected chi connectivity index (χ1v) is 7.51. The van der Waals surface area contributed by atoms with E-state index in [4.69, 9.17) is 9.52 Å². The second-order valence-corrected chi connectivity index (χ2v) is 5.55. The van der Waals surface area contributed by atoms with E-state index in [1.807, 2.05) is 23.6 Å². The molecule has 0 bridgehead atoms. The van der Waals surface area contributed by atoms with E-state index >= 15 is 0 Å². The molecule has 2 aromatic rings. The molecule has 7 heteroatoms. The van der Waals surface area contributed by atoms with Crippen LogP contribution in [-0.2, 0) is 11.2 Å². The number of carboxylic acid groups (broad SMARTS) is 1. The number of aliphatic carboxylic acids is 1. The summed E-state index contributed by atoms with van der Waals surface area (Å²) >= 11 is 1.05. The standard InChI is InChI=1S/C14H16N2O4S/c1-10(4-5-11-3-2-8-20-11)16-7-6-12(17)15-14(16)21-9-13(18)19/h2-3,6-8,10H,4-5,9H2,1H3,(H,18,19). The third-order valence-corrected chi connectivity index (χ3v) is 3.94. The Morgan fingerprint density at radius 1 is 1.52 bits per heavy atom. The van der Waals surface area contributed by atoms with Gasteiger partial charge in [0, 0.05) is 24.7 Å². The lowest BCUT2D eigenvalue weighted by Crippen LogP contribution is -2.17. The summed E-state index contributed by atoms with van der Waals surface area (Å²) in [5.74, 6) is -0.162. The van der Waals surface area contributed by atoms with Crippen LogP contribution >= 0.6 is 11.8 Å². The number of aryl methyl sites for hydroxylation is 1. The lowest BCUT2D eigenvalue weighted by Gasteiger charge is -2.18. The average Bonchev–Trinajstić information content (AvgIpc) is 2.96. The van der Waals surface area contributed by atoms with Gasteiger partial charge in [0.2, 0.25) is 0 Å². The zero-order valence-corrected chi connectivity index (χ0v) is 12.4. The summed E-state index contributed by atoms with van der Waals surface area (Å²) in [6.45, 7) is 2.00. The van der Waals surface area contributed by atoms with Gasteiger partial charge in [-0.2, -0.15) is 4.98 Å². The van der Waals surface area contributed by atoms with Gasteiger partial charge < -0.3 is 14.1 Å². The highest BCUT2D eigenvalue weighted by atomic mass is 32.2. The number of thioether (sulfide) groups is 1. The Morgan fingerprint density at radius 3 is 3.00 bits per heavy atom. The molecule has 0 aliphatic rings. The van der Waals surface area contributed by atoms with Crippen molar-refractivity contribution in [3.8, 4) is 0 Å². The first-order valence-electron chi connectivity index (χ1n) is 6.52. The Bertz CT molecular complexity index is 651. The van der Waals surface area contributed by atoms with Gasteiger partial charge in [0.15, 0.2) is 5.16 Å². The topological polar surface area (TPSA) is 85.3 Å². The summed E-state index contributed by atoms with van der Waals surface area (Å²) in [4.78, 5) is 25.9. The van der Waals surface area contributed by atoms with Gasteiger partial charge in [-0.15, -0.1) is 0 Å². The fraction of sp³-hybridized carbons (Fsp3) is 0.357. The Balaban J connectivity index is 2.09. The molecule has 2 aromatic heterocycles. The summed E-state index contributed by atoms with van der Waals surface area (Å²) in [5.41, 5.74) is -0.364. The third kappa shape index (κ3) is 4.49. The van der Waals surface area contributed by atoms with Crippen LogP contribution in [0.4, 0.5) is 0 Å². The van der Waals surface area contributed by atoms with Crippen molar-refractivity contribution in [2.24, 2.45) is 0 Å².